The molecule has 102 valence electrons. The topological polar surface area (TPSA) is 46.2 Å². The number of aromatic hydroxyl groups is 1. The molecule has 0 bridgehead atoms. The molecule has 7 heteroatoms. The fraction of sp³-hybridized carbons (Fsp3) is 0.455. The fourth-order valence-electron chi connectivity index (χ4n) is 1.71. The summed E-state index contributed by atoms with van der Waals surface area (Å²) in [6.45, 7) is 0. The zero-order chi connectivity index (χ0) is 12.6. The van der Waals surface area contributed by atoms with E-state index in [1.807, 2.05) is 0 Å². The molecule has 0 aromatic heterocycles. The van der Waals surface area contributed by atoms with Crippen LogP contribution in [-0.2, 0) is 0 Å². The van der Waals surface area contributed by atoms with E-state index in [1.54, 1.807) is 0 Å². The molecule has 2 nitrogen and oxygen atoms in total. The van der Waals surface area contributed by atoms with E-state index in [1.165, 1.54) is 18.2 Å². The van der Waals surface area contributed by atoms with Crippen LogP contribution in [-0.4, -0.2) is 10.6 Å². The van der Waals surface area contributed by atoms with E-state index >= 15 is 0 Å². The van der Waals surface area contributed by atoms with Crippen LogP contribution < -0.4 is 5.73 Å². The Balaban J connectivity index is 0.00000162. The molecule has 1 aromatic rings. The summed E-state index contributed by atoms with van der Waals surface area (Å²) in [5, 5.41) is 9.61. The van der Waals surface area contributed by atoms with E-state index < -0.39 is 5.51 Å². The summed E-state index contributed by atoms with van der Waals surface area (Å²) in [5.74, 6) is 0.253. The van der Waals surface area contributed by atoms with Gasteiger partial charge >= 0.3 is 5.51 Å². The van der Waals surface area contributed by atoms with Crippen molar-refractivity contribution in [2.24, 2.45) is 11.7 Å². The Labute approximate surface area is 113 Å². The van der Waals surface area contributed by atoms with E-state index in [0.717, 1.165) is 12.8 Å². The number of alkyl halides is 3. The van der Waals surface area contributed by atoms with Gasteiger partial charge in [0.2, 0.25) is 0 Å². The van der Waals surface area contributed by atoms with Crippen LogP contribution in [0.5, 0.6) is 5.75 Å². The third-order valence-electron chi connectivity index (χ3n) is 2.72. The number of benzene rings is 1. The minimum absolute atomic E-state index is 0. The van der Waals surface area contributed by atoms with Crippen molar-refractivity contribution < 1.29 is 18.3 Å². The molecular weight excluding hydrogens is 287 g/mol. The number of hydrogen-bond donors (Lipinski definition) is 2. The third-order valence-corrected chi connectivity index (χ3v) is 3.44. The number of hydrogen-bond acceptors (Lipinski definition) is 3. The van der Waals surface area contributed by atoms with Crippen LogP contribution in [0.25, 0.3) is 0 Å². The molecule has 2 rings (SSSR count). The normalized spacial score (nSPS) is 17.1. The molecule has 1 saturated carbocycles. The van der Waals surface area contributed by atoms with Crippen LogP contribution in [0.15, 0.2) is 23.1 Å². The first-order chi connectivity index (χ1) is 7.87. The second kappa shape index (κ2) is 5.59. The Hall–Kier alpha value is -0.590. The van der Waals surface area contributed by atoms with Crippen LogP contribution >= 0.6 is 24.2 Å². The SMILES string of the molecule is Cl.N[C@@H](c1cc(SC(F)(F)F)ccc1O)C1CC1. The van der Waals surface area contributed by atoms with E-state index in [-0.39, 0.29) is 46.8 Å². The lowest BCUT2D eigenvalue weighted by atomic mass is 10.0. The molecule has 0 amide bonds. The number of halogens is 4. The summed E-state index contributed by atoms with van der Waals surface area (Å²) >= 11 is -0.194. The van der Waals surface area contributed by atoms with Gasteiger partial charge in [0, 0.05) is 16.5 Å². The van der Waals surface area contributed by atoms with Crippen molar-refractivity contribution >= 4 is 24.2 Å². The molecule has 1 aliphatic rings. The van der Waals surface area contributed by atoms with Gasteiger partial charge in [-0.25, -0.2) is 0 Å². The molecule has 1 aromatic carbocycles. The van der Waals surface area contributed by atoms with Crippen LogP contribution in [0.4, 0.5) is 13.2 Å². The van der Waals surface area contributed by atoms with Gasteiger partial charge < -0.3 is 10.8 Å². The van der Waals surface area contributed by atoms with Crippen molar-refractivity contribution in [3.05, 3.63) is 23.8 Å². The van der Waals surface area contributed by atoms with E-state index in [0.29, 0.717) is 5.56 Å². The van der Waals surface area contributed by atoms with Crippen molar-refractivity contribution in [3.8, 4) is 5.75 Å². The first-order valence-corrected chi connectivity index (χ1v) is 6.03. The van der Waals surface area contributed by atoms with Crippen LogP contribution in [0.1, 0.15) is 24.4 Å². The number of phenols is 1. The lowest BCUT2D eigenvalue weighted by molar-refractivity contribution is -0.0328. The van der Waals surface area contributed by atoms with Crippen molar-refractivity contribution in [2.45, 2.75) is 29.3 Å². The quantitative estimate of drug-likeness (QED) is 0.834. The molecule has 1 aliphatic carbocycles. The maximum atomic E-state index is 12.2. The van der Waals surface area contributed by atoms with E-state index in [4.69, 9.17) is 5.73 Å². The van der Waals surface area contributed by atoms with Crippen LogP contribution in [0.2, 0.25) is 0 Å². The average molecular weight is 300 g/mol. The molecular formula is C11H13ClF3NOS. The van der Waals surface area contributed by atoms with Gasteiger partial charge in [-0.05, 0) is 48.7 Å². The lowest BCUT2D eigenvalue weighted by Crippen LogP contribution is -2.12. The molecule has 0 heterocycles. The van der Waals surface area contributed by atoms with Crippen molar-refractivity contribution in [1.29, 1.82) is 0 Å². The number of rotatable bonds is 3. The molecule has 0 unspecified atom stereocenters. The summed E-state index contributed by atoms with van der Waals surface area (Å²) in [6, 6.07) is 3.47. The summed E-state index contributed by atoms with van der Waals surface area (Å²) < 4.78 is 36.6. The summed E-state index contributed by atoms with van der Waals surface area (Å²) in [4.78, 5) is 0.0569. The molecule has 1 atom stereocenters. The van der Waals surface area contributed by atoms with Gasteiger partial charge in [-0.3, -0.25) is 0 Å². The zero-order valence-electron chi connectivity index (χ0n) is 9.28. The Morgan fingerprint density at radius 2 is 1.94 bits per heavy atom. The minimum Gasteiger partial charge on any atom is -0.508 e. The Kier molecular flexibility index (Phi) is 4.80. The molecule has 0 spiro atoms. The highest BCUT2D eigenvalue weighted by atomic mass is 35.5. The predicted octanol–water partition coefficient (Wildman–Crippen LogP) is 3.84. The average Bonchev–Trinajstić information content (AvgIpc) is 3.01. The van der Waals surface area contributed by atoms with Crippen molar-refractivity contribution in [2.75, 3.05) is 0 Å². The fourth-order valence-corrected chi connectivity index (χ4v) is 2.30. The zero-order valence-corrected chi connectivity index (χ0v) is 10.9. The molecule has 1 fully saturated rings. The lowest BCUT2D eigenvalue weighted by Gasteiger charge is -2.14. The number of thioether (sulfide) groups is 1. The van der Waals surface area contributed by atoms with Crippen LogP contribution in [0, 0.1) is 5.92 Å². The van der Waals surface area contributed by atoms with Gasteiger partial charge in [0.1, 0.15) is 5.75 Å². The van der Waals surface area contributed by atoms with Crippen molar-refractivity contribution in [1.82, 2.24) is 0 Å². The molecule has 0 saturated heterocycles. The first-order valence-electron chi connectivity index (χ1n) is 5.21. The van der Waals surface area contributed by atoms with Gasteiger partial charge in [-0.2, -0.15) is 13.2 Å². The monoisotopic (exact) mass is 299 g/mol. The minimum atomic E-state index is -4.32. The molecule has 0 radical (unpaired) electrons. The maximum absolute atomic E-state index is 12.2. The van der Waals surface area contributed by atoms with Gasteiger partial charge in [0.15, 0.2) is 0 Å². The Morgan fingerprint density at radius 1 is 1.33 bits per heavy atom. The molecule has 3 N–H and O–H groups in total. The third kappa shape index (κ3) is 3.96. The largest absolute Gasteiger partial charge is 0.508 e. The highest BCUT2D eigenvalue weighted by Gasteiger charge is 2.33. The standard InChI is InChI=1S/C11H12F3NOS.ClH/c12-11(13,14)17-7-3-4-9(16)8(5-7)10(15)6-1-2-6;/h3-6,10,16H,1-2,15H2;1H/t10-;/m1./s1. The van der Waals surface area contributed by atoms with Gasteiger partial charge in [0.05, 0.1) is 0 Å². The Bertz CT molecular complexity index is 423. The summed E-state index contributed by atoms with van der Waals surface area (Å²) in [6.07, 6.45) is 1.94. The molecule has 0 aliphatic heterocycles. The second-order valence-corrected chi connectivity index (χ2v) is 5.27. The number of phenolic OH excluding ortho intramolecular Hbond substituents is 1. The second-order valence-electron chi connectivity index (χ2n) is 4.13. The number of nitrogens with two attached hydrogens (primary N) is 1. The van der Waals surface area contributed by atoms with E-state index in [2.05, 4.69) is 0 Å². The van der Waals surface area contributed by atoms with E-state index in [9.17, 15) is 18.3 Å². The maximum Gasteiger partial charge on any atom is 0.446 e. The summed E-state index contributed by atoms with van der Waals surface area (Å²) in [5.41, 5.74) is 1.97. The highest BCUT2D eigenvalue weighted by Crippen LogP contribution is 2.44. The summed E-state index contributed by atoms with van der Waals surface area (Å²) in [7, 11) is 0. The van der Waals surface area contributed by atoms with Crippen LogP contribution in [0.3, 0.4) is 0 Å². The predicted molar refractivity (Wildman–Crippen MR) is 66.9 cm³/mol. The highest BCUT2D eigenvalue weighted by molar-refractivity contribution is 8.00. The Morgan fingerprint density at radius 3 is 2.44 bits per heavy atom. The smallest absolute Gasteiger partial charge is 0.446 e. The van der Waals surface area contributed by atoms with Gasteiger partial charge in [-0.15, -0.1) is 12.4 Å². The molecule has 18 heavy (non-hydrogen) atoms. The van der Waals surface area contributed by atoms with Crippen molar-refractivity contribution in [3.63, 3.8) is 0 Å². The van der Waals surface area contributed by atoms with Gasteiger partial charge in [0.25, 0.3) is 0 Å². The first kappa shape index (κ1) is 15.5. The van der Waals surface area contributed by atoms with Gasteiger partial charge in [-0.1, -0.05) is 0 Å².